The van der Waals surface area contributed by atoms with Gasteiger partial charge in [0.15, 0.2) is 0 Å². The number of hydrogen-bond acceptors (Lipinski definition) is 1. The van der Waals surface area contributed by atoms with Crippen molar-refractivity contribution < 1.29 is 5.11 Å². The summed E-state index contributed by atoms with van der Waals surface area (Å²) >= 11 is 9.25. The molecule has 0 saturated heterocycles. The quantitative estimate of drug-likeness (QED) is 0.877. The molecule has 18 heavy (non-hydrogen) atoms. The van der Waals surface area contributed by atoms with Crippen LogP contribution in [-0.2, 0) is 12.0 Å². The lowest BCUT2D eigenvalue weighted by Gasteiger charge is -2.24. The fraction of sp³-hybridized carbons (Fsp3) is 0.200. The lowest BCUT2D eigenvalue weighted by atomic mass is 9.89. The maximum absolute atomic E-state index is 10.5. The Balaban J connectivity index is 2.20. The molecule has 0 heterocycles. The highest BCUT2D eigenvalue weighted by atomic mass is 79.9. The first kappa shape index (κ1) is 13.6. The molecule has 1 N–H and O–H groups in total. The summed E-state index contributed by atoms with van der Waals surface area (Å²) in [6.45, 7) is 1.82. The van der Waals surface area contributed by atoms with Crippen LogP contribution in [0.2, 0.25) is 5.02 Å². The second kappa shape index (κ2) is 5.43. The van der Waals surface area contributed by atoms with Gasteiger partial charge < -0.3 is 5.11 Å². The second-order valence-electron chi connectivity index (χ2n) is 4.58. The van der Waals surface area contributed by atoms with Crippen molar-refractivity contribution in [1.29, 1.82) is 0 Å². The Hall–Kier alpha value is -0.830. The van der Waals surface area contributed by atoms with Crippen LogP contribution in [0.15, 0.2) is 53.0 Å². The van der Waals surface area contributed by atoms with Crippen LogP contribution in [0.5, 0.6) is 0 Å². The highest BCUT2D eigenvalue weighted by molar-refractivity contribution is 9.10. The molecule has 0 saturated carbocycles. The molecule has 0 aliphatic rings. The van der Waals surface area contributed by atoms with Crippen LogP contribution in [0.4, 0.5) is 0 Å². The summed E-state index contributed by atoms with van der Waals surface area (Å²) in [5, 5.41) is 11.2. The van der Waals surface area contributed by atoms with Gasteiger partial charge in [0.1, 0.15) is 0 Å². The van der Waals surface area contributed by atoms with Crippen LogP contribution in [0.25, 0.3) is 0 Å². The number of benzene rings is 2. The van der Waals surface area contributed by atoms with Gasteiger partial charge in [-0.2, -0.15) is 0 Å². The predicted octanol–water partition coefficient (Wildman–Crippen LogP) is 4.55. The van der Waals surface area contributed by atoms with E-state index in [9.17, 15) is 5.11 Å². The topological polar surface area (TPSA) is 20.2 Å². The highest BCUT2D eigenvalue weighted by Crippen LogP contribution is 2.27. The highest BCUT2D eigenvalue weighted by Gasteiger charge is 2.23. The number of halogens is 2. The summed E-state index contributed by atoms with van der Waals surface area (Å²) in [7, 11) is 0. The summed E-state index contributed by atoms with van der Waals surface area (Å²) in [6, 6.07) is 15.3. The van der Waals surface area contributed by atoms with Crippen molar-refractivity contribution in [3.8, 4) is 0 Å². The molecular formula is C15H14BrClO. The Morgan fingerprint density at radius 2 is 1.61 bits per heavy atom. The second-order valence-corrected chi connectivity index (χ2v) is 5.94. The molecule has 0 aliphatic carbocycles. The molecule has 0 aliphatic heterocycles. The Morgan fingerprint density at radius 1 is 1.06 bits per heavy atom. The number of hydrogen-bond donors (Lipinski definition) is 1. The fourth-order valence-corrected chi connectivity index (χ4v) is 2.30. The molecule has 0 bridgehead atoms. The van der Waals surface area contributed by atoms with Crippen molar-refractivity contribution in [1.82, 2.24) is 0 Å². The molecule has 2 aromatic carbocycles. The molecule has 0 spiro atoms. The minimum Gasteiger partial charge on any atom is -0.385 e. The van der Waals surface area contributed by atoms with Gasteiger partial charge in [-0.15, -0.1) is 0 Å². The Labute approximate surface area is 121 Å². The van der Waals surface area contributed by atoms with E-state index in [2.05, 4.69) is 15.9 Å². The van der Waals surface area contributed by atoms with Crippen LogP contribution in [-0.4, -0.2) is 5.11 Å². The standard InChI is InChI=1S/C15H14BrClO/c1-15(18,12-4-8-14(17)9-5-12)10-11-2-6-13(16)7-3-11/h2-9,18H,10H2,1H3. The van der Waals surface area contributed by atoms with E-state index in [0.29, 0.717) is 11.4 Å². The summed E-state index contributed by atoms with van der Waals surface area (Å²) in [5.41, 5.74) is 1.08. The largest absolute Gasteiger partial charge is 0.385 e. The first-order valence-electron chi connectivity index (χ1n) is 5.70. The molecule has 1 atom stereocenters. The van der Waals surface area contributed by atoms with Gasteiger partial charge in [0.05, 0.1) is 5.60 Å². The van der Waals surface area contributed by atoms with Gasteiger partial charge in [-0.05, 0) is 42.3 Å². The van der Waals surface area contributed by atoms with Crippen molar-refractivity contribution in [3.63, 3.8) is 0 Å². The zero-order valence-electron chi connectivity index (χ0n) is 10.0. The SMILES string of the molecule is CC(O)(Cc1ccc(Br)cc1)c1ccc(Cl)cc1. The van der Waals surface area contributed by atoms with Crippen LogP contribution in [0.3, 0.4) is 0 Å². The van der Waals surface area contributed by atoms with Gasteiger partial charge in [0.2, 0.25) is 0 Å². The average molecular weight is 326 g/mol. The molecule has 2 aromatic rings. The van der Waals surface area contributed by atoms with Crippen LogP contribution >= 0.6 is 27.5 Å². The lowest BCUT2D eigenvalue weighted by molar-refractivity contribution is 0.0576. The van der Waals surface area contributed by atoms with Gasteiger partial charge in [0, 0.05) is 15.9 Å². The summed E-state index contributed by atoms with van der Waals surface area (Å²) < 4.78 is 1.04. The normalized spacial score (nSPS) is 14.2. The Kier molecular flexibility index (Phi) is 4.10. The monoisotopic (exact) mass is 324 g/mol. The maximum Gasteiger partial charge on any atom is 0.0908 e. The first-order valence-corrected chi connectivity index (χ1v) is 6.87. The Bertz CT molecular complexity index is 517. The van der Waals surface area contributed by atoms with E-state index >= 15 is 0 Å². The van der Waals surface area contributed by atoms with Crippen molar-refractivity contribution >= 4 is 27.5 Å². The Morgan fingerprint density at radius 3 is 2.17 bits per heavy atom. The third-order valence-electron chi connectivity index (χ3n) is 2.93. The van der Waals surface area contributed by atoms with Crippen LogP contribution in [0, 0.1) is 0 Å². The molecule has 0 fully saturated rings. The van der Waals surface area contributed by atoms with Gasteiger partial charge in [-0.1, -0.05) is 51.8 Å². The smallest absolute Gasteiger partial charge is 0.0908 e. The zero-order chi connectivity index (χ0) is 13.2. The fourth-order valence-electron chi connectivity index (χ4n) is 1.91. The molecule has 94 valence electrons. The molecule has 1 unspecified atom stereocenters. The molecule has 0 aromatic heterocycles. The zero-order valence-corrected chi connectivity index (χ0v) is 12.4. The molecular weight excluding hydrogens is 312 g/mol. The van der Waals surface area contributed by atoms with E-state index in [1.54, 1.807) is 12.1 Å². The van der Waals surface area contributed by atoms with E-state index in [1.165, 1.54) is 0 Å². The van der Waals surface area contributed by atoms with Crippen LogP contribution in [0.1, 0.15) is 18.1 Å². The molecule has 0 radical (unpaired) electrons. The van der Waals surface area contributed by atoms with Crippen molar-refractivity contribution in [2.75, 3.05) is 0 Å². The van der Waals surface area contributed by atoms with E-state index < -0.39 is 5.60 Å². The van der Waals surface area contributed by atoms with Gasteiger partial charge in [-0.25, -0.2) is 0 Å². The summed E-state index contributed by atoms with van der Waals surface area (Å²) in [4.78, 5) is 0. The van der Waals surface area contributed by atoms with Crippen molar-refractivity contribution in [3.05, 3.63) is 69.2 Å². The average Bonchev–Trinajstić information content (AvgIpc) is 2.32. The van der Waals surface area contributed by atoms with E-state index in [-0.39, 0.29) is 0 Å². The first-order chi connectivity index (χ1) is 8.47. The van der Waals surface area contributed by atoms with E-state index in [1.807, 2.05) is 43.3 Å². The van der Waals surface area contributed by atoms with E-state index in [0.717, 1.165) is 15.6 Å². The number of aliphatic hydroxyl groups is 1. The molecule has 2 rings (SSSR count). The summed E-state index contributed by atoms with van der Waals surface area (Å²) in [6.07, 6.45) is 0.571. The van der Waals surface area contributed by atoms with E-state index in [4.69, 9.17) is 11.6 Å². The predicted molar refractivity (Wildman–Crippen MR) is 78.9 cm³/mol. The molecule has 0 amide bonds. The van der Waals surface area contributed by atoms with Gasteiger partial charge in [0.25, 0.3) is 0 Å². The minimum absolute atomic E-state index is 0.571. The van der Waals surface area contributed by atoms with Gasteiger partial charge in [-0.3, -0.25) is 0 Å². The van der Waals surface area contributed by atoms with Crippen LogP contribution < -0.4 is 0 Å². The van der Waals surface area contributed by atoms with Crippen molar-refractivity contribution in [2.45, 2.75) is 18.9 Å². The lowest BCUT2D eigenvalue weighted by Crippen LogP contribution is -2.24. The third-order valence-corrected chi connectivity index (χ3v) is 3.71. The number of rotatable bonds is 3. The minimum atomic E-state index is -0.890. The van der Waals surface area contributed by atoms with Gasteiger partial charge >= 0.3 is 0 Å². The third kappa shape index (κ3) is 3.35. The summed E-state index contributed by atoms with van der Waals surface area (Å²) in [5.74, 6) is 0. The molecule has 1 nitrogen and oxygen atoms in total. The van der Waals surface area contributed by atoms with Crippen molar-refractivity contribution in [2.24, 2.45) is 0 Å². The molecule has 3 heteroatoms. The maximum atomic E-state index is 10.5.